The summed E-state index contributed by atoms with van der Waals surface area (Å²) in [6.45, 7) is 3.64. The molecule has 0 amide bonds. The van der Waals surface area contributed by atoms with E-state index in [2.05, 4.69) is 4.72 Å². The summed E-state index contributed by atoms with van der Waals surface area (Å²) in [6, 6.07) is 13.4. The molecule has 0 saturated heterocycles. The number of nitrogens with one attached hydrogen (secondary N) is 1. The summed E-state index contributed by atoms with van der Waals surface area (Å²) in [5.74, 6) is 0. The number of likely N-dealkylation sites (N-methyl/N-ethyl adjacent to an activating group) is 1. The zero-order valence-corrected chi connectivity index (χ0v) is 15.2. The number of sulfonamides is 1. The highest BCUT2D eigenvalue weighted by Crippen LogP contribution is 2.22. The number of para-hydroxylation sites is 1. The molecule has 2 aromatic rings. The molecule has 2 rings (SSSR count). The van der Waals surface area contributed by atoms with Crippen LogP contribution in [0.1, 0.15) is 12.5 Å². The fraction of sp³-hybridized carbons (Fsp3) is 0.294. The van der Waals surface area contributed by atoms with Gasteiger partial charge in [-0.1, -0.05) is 24.3 Å². The Hall–Kier alpha value is -2.45. The summed E-state index contributed by atoms with van der Waals surface area (Å²) < 4.78 is 27.4. The Labute approximate surface area is 147 Å². The zero-order valence-electron chi connectivity index (χ0n) is 14.3. The van der Waals surface area contributed by atoms with Crippen molar-refractivity contribution in [3.05, 3.63) is 64.2 Å². The third-order valence-electron chi connectivity index (χ3n) is 4.08. The van der Waals surface area contributed by atoms with Gasteiger partial charge < -0.3 is 4.90 Å². The molecule has 1 N–H and O–H groups in total. The Morgan fingerprint density at radius 1 is 1.20 bits per heavy atom. The second kappa shape index (κ2) is 7.62. The minimum absolute atomic E-state index is 0.0994. The maximum Gasteiger partial charge on any atom is 0.273 e. The number of nitro groups is 1. The minimum atomic E-state index is -3.82. The Kier molecular flexibility index (Phi) is 5.76. The lowest BCUT2D eigenvalue weighted by Gasteiger charge is -2.27. The SMILES string of the molecule is Cc1ccc(S(=O)(=O)NCC(C)N(C)c2ccccc2)cc1[N+](=O)[O-]. The Morgan fingerprint density at radius 2 is 1.84 bits per heavy atom. The number of anilines is 1. The second-order valence-corrected chi connectivity index (χ2v) is 7.62. The Morgan fingerprint density at radius 3 is 2.44 bits per heavy atom. The summed E-state index contributed by atoms with van der Waals surface area (Å²) in [7, 11) is -1.94. The van der Waals surface area contributed by atoms with Crippen LogP contribution in [-0.2, 0) is 10.0 Å². The van der Waals surface area contributed by atoms with Crippen LogP contribution in [0.3, 0.4) is 0 Å². The van der Waals surface area contributed by atoms with Crippen molar-refractivity contribution < 1.29 is 13.3 Å². The molecule has 0 spiro atoms. The molecule has 7 nitrogen and oxygen atoms in total. The number of nitro benzene ring substituents is 1. The number of aryl methyl sites for hydroxylation is 1. The lowest BCUT2D eigenvalue weighted by atomic mass is 10.2. The maximum absolute atomic E-state index is 12.4. The van der Waals surface area contributed by atoms with Gasteiger partial charge in [-0.15, -0.1) is 0 Å². The number of rotatable bonds is 7. The van der Waals surface area contributed by atoms with Crippen LogP contribution in [0.2, 0.25) is 0 Å². The van der Waals surface area contributed by atoms with Crippen molar-refractivity contribution in [1.29, 1.82) is 0 Å². The molecule has 0 aliphatic rings. The van der Waals surface area contributed by atoms with Crippen molar-refractivity contribution >= 4 is 21.4 Å². The van der Waals surface area contributed by atoms with Gasteiger partial charge in [0.15, 0.2) is 0 Å². The molecule has 134 valence electrons. The molecule has 8 heteroatoms. The van der Waals surface area contributed by atoms with Crippen LogP contribution in [0.25, 0.3) is 0 Å². The van der Waals surface area contributed by atoms with Gasteiger partial charge in [-0.2, -0.15) is 0 Å². The average molecular weight is 363 g/mol. The average Bonchev–Trinajstić information content (AvgIpc) is 2.59. The molecule has 1 unspecified atom stereocenters. The van der Waals surface area contributed by atoms with Gasteiger partial charge in [-0.25, -0.2) is 13.1 Å². The van der Waals surface area contributed by atoms with Gasteiger partial charge in [-0.05, 0) is 32.0 Å². The molecule has 0 aliphatic carbocycles. The van der Waals surface area contributed by atoms with Crippen LogP contribution in [0.15, 0.2) is 53.4 Å². The third-order valence-corrected chi connectivity index (χ3v) is 5.50. The molecule has 25 heavy (non-hydrogen) atoms. The van der Waals surface area contributed by atoms with E-state index in [0.717, 1.165) is 11.8 Å². The van der Waals surface area contributed by atoms with Crippen LogP contribution in [0.5, 0.6) is 0 Å². The maximum atomic E-state index is 12.4. The highest BCUT2D eigenvalue weighted by atomic mass is 32.2. The minimum Gasteiger partial charge on any atom is -0.371 e. The van der Waals surface area contributed by atoms with E-state index in [1.807, 2.05) is 49.2 Å². The second-order valence-electron chi connectivity index (χ2n) is 5.85. The molecular weight excluding hydrogens is 342 g/mol. The van der Waals surface area contributed by atoms with Gasteiger partial charge in [-0.3, -0.25) is 10.1 Å². The van der Waals surface area contributed by atoms with E-state index >= 15 is 0 Å². The number of hydrogen-bond donors (Lipinski definition) is 1. The normalized spacial score (nSPS) is 12.6. The number of nitrogens with zero attached hydrogens (tertiary/aromatic N) is 2. The van der Waals surface area contributed by atoms with Crippen molar-refractivity contribution in [1.82, 2.24) is 4.72 Å². The predicted octanol–water partition coefficient (Wildman–Crippen LogP) is 2.71. The van der Waals surface area contributed by atoms with Gasteiger partial charge in [0.05, 0.1) is 9.82 Å². The largest absolute Gasteiger partial charge is 0.371 e. The van der Waals surface area contributed by atoms with E-state index in [1.165, 1.54) is 12.1 Å². The van der Waals surface area contributed by atoms with Crippen molar-refractivity contribution in [2.75, 3.05) is 18.5 Å². The van der Waals surface area contributed by atoms with Gasteiger partial charge in [0.25, 0.3) is 5.69 Å². The van der Waals surface area contributed by atoms with E-state index < -0.39 is 14.9 Å². The molecule has 0 fully saturated rings. The highest BCUT2D eigenvalue weighted by Gasteiger charge is 2.21. The van der Waals surface area contributed by atoms with Gasteiger partial charge >= 0.3 is 0 Å². The van der Waals surface area contributed by atoms with Crippen molar-refractivity contribution in [2.45, 2.75) is 24.8 Å². The quantitative estimate of drug-likeness (QED) is 0.603. The van der Waals surface area contributed by atoms with Crippen LogP contribution in [-0.4, -0.2) is 33.0 Å². The first-order valence-electron chi connectivity index (χ1n) is 7.75. The van der Waals surface area contributed by atoms with Crippen molar-refractivity contribution in [3.8, 4) is 0 Å². The van der Waals surface area contributed by atoms with Crippen LogP contribution in [0.4, 0.5) is 11.4 Å². The molecule has 1 atom stereocenters. The number of benzene rings is 2. The molecule has 0 aliphatic heterocycles. The molecule has 2 aromatic carbocycles. The van der Waals surface area contributed by atoms with Crippen molar-refractivity contribution in [2.24, 2.45) is 0 Å². The lowest BCUT2D eigenvalue weighted by Crippen LogP contribution is -2.40. The highest BCUT2D eigenvalue weighted by molar-refractivity contribution is 7.89. The fourth-order valence-electron chi connectivity index (χ4n) is 2.32. The molecule has 0 saturated carbocycles. The Balaban J connectivity index is 2.11. The van der Waals surface area contributed by atoms with Gasteiger partial charge in [0, 0.05) is 37.0 Å². The first kappa shape index (κ1) is 18.9. The van der Waals surface area contributed by atoms with E-state index in [4.69, 9.17) is 0 Å². The summed E-state index contributed by atoms with van der Waals surface area (Å²) in [6.07, 6.45) is 0. The van der Waals surface area contributed by atoms with Crippen LogP contribution in [0, 0.1) is 17.0 Å². The summed E-state index contributed by atoms with van der Waals surface area (Å²) in [5.41, 5.74) is 1.18. The van der Waals surface area contributed by atoms with Crippen molar-refractivity contribution in [3.63, 3.8) is 0 Å². The molecule has 0 aromatic heterocycles. The summed E-state index contributed by atoms with van der Waals surface area (Å²) in [4.78, 5) is 12.3. The van der Waals surface area contributed by atoms with E-state index in [0.29, 0.717) is 5.56 Å². The Bertz CT molecular complexity index is 853. The zero-order chi connectivity index (χ0) is 18.6. The molecule has 0 radical (unpaired) electrons. The van der Waals surface area contributed by atoms with E-state index in [-0.39, 0.29) is 23.2 Å². The first-order chi connectivity index (χ1) is 11.7. The fourth-order valence-corrected chi connectivity index (χ4v) is 3.46. The van der Waals surface area contributed by atoms with Gasteiger partial charge in [0.2, 0.25) is 10.0 Å². The molecule has 0 heterocycles. The standard InChI is InChI=1S/C17H21N3O4S/c1-13-9-10-16(11-17(13)20(21)22)25(23,24)18-12-14(2)19(3)15-7-5-4-6-8-15/h4-11,14,18H,12H2,1-3H3. The van der Waals surface area contributed by atoms with Crippen LogP contribution < -0.4 is 9.62 Å². The van der Waals surface area contributed by atoms with E-state index in [1.54, 1.807) is 6.92 Å². The molecule has 0 bridgehead atoms. The van der Waals surface area contributed by atoms with Crippen LogP contribution >= 0.6 is 0 Å². The van der Waals surface area contributed by atoms with E-state index in [9.17, 15) is 18.5 Å². The monoisotopic (exact) mass is 363 g/mol. The lowest BCUT2D eigenvalue weighted by molar-refractivity contribution is -0.385. The molecular formula is C17H21N3O4S. The first-order valence-corrected chi connectivity index (χ1v) is 9.23. The third kappa shape index (κ3) is 4.55. The summed E-state index contributed by atoms with van der Waals surface area (Å²) in [5, 5.41) is 11.0. The summed E-state index contributed by atoms with van der Waals surface area (Å²) >= 11 is 0. The smallest absolute Gasteiger partial charge is 0.273 e. The predicted molar refractivity (Wildman–Crippen MR) is 97.3 cm³/mol. The topological polar surface area (TPSA) is 92.6 Å². The van der Waals surface area contributed by atoms with Gasteiger partial charge in [0.1, 0.15) is 0 Å². The number of hydrogen-bond acceptors (Lipinski definition) is 5.